The van der Waals surface area contributed by atoms with Gasteiger partial charge in [0, 0.05) is 17.4 Å². The highest BCUT2D eigenvalue weighted by atomic mass is 79.9. The third-order valence-electron chi connectivity index (χ3n) is 2.41. The van der Waals surface area contributed by atoms with Gasteiger partial charge in [0.15, 0.2) is 0 Å². The number of carbonyl (C=O) groups excluding carboxylic acids is 2. The van der Waals surface area contributed by atoms with Gasteiger partial charge in [0.25, 0.3) is 0 Å². The Bertz CT molecular complexity index is 420. The number of halogens is 1. The number of benzene rings is 1. The largest absolute Gasteiger partial charge is 0.469 e. The molecule has 0 bridgehead atoms. The molecule has 0 aromatic heterocycles. The van der Waals surface area contributed by atoms with Gasteiger partial charge in [0.1, 0.15) is 0 Å². The molecule has 0 radical (unpaired) electrons. The molecule has 1 N–H and O–H groups in total. The highest BCUT2D eigenvalue weighted by Crippen LogP contribution is 2.11. The topological polar surface area (TPSA) is 55.4 Å². The van der Waals surface area contributed by atoms with E-state index in [2.05, 4.69) is 26.0 Å². The molecule has 1 rings (SSSR count). The van der Waals surface area contributed by atoms with Crippen molar-refractivity contribution in [2.45, 2.75) is 19.3 Å². The number of carbonyl (C=O) groups is 2. The van der Waals surface area contributed by atoms with Gasteiger partial charge in [-0.2, -0.15) is 0 Å². The lowest BCUT2D eigenvalue weighted by molar-refractivity contribution is -0.142. The number of amides is 1. The lowest BCUT2D eigenvalue weighted by Crippen LogP contribution is -2.26. The summed E-state index contributed by atoms with van der Waals surface area (Å²) in [6.45, 7) is 0.566. The fourth-order valence-corrected chi connectivity index (χ4v) is 1.89. The van der Waals surface area contributed by atoms with Crippen molar-refractivity contribution >= 4 is 27.8 Å². The van der Waals surface area contributed by atoms with Crippen LogP contribution in [0.4, 0.5) is 0 Å². The van der Waals surface area contributed by atoms with Crippen molar-refractivity contribution in [2.75, 3.05) is 13.7 Å². The number of hydrogen-bond acceptors (Lipinski definition) is 3. The number of methoxy groups -OCH3 is 1. The van der Waals surface area contributed by atoms with Crippen LogP contribution in [0.15, 0.2) is 28.7 Å². The Balaban J connectivity index is 2.21. The number of rotatable bonds is 6. The van der Waals surface area contributed by atoms with Crippen molar-refractivity contribution in [1.82, 2.24) is 5.32 Å². The monoisotopic (exact) mass is 313 g/mol. The van der Waals surface area contributed by atoms with Crippen LogP contribution in [0.5, 0.6) is 0 Å². The Hall–Kier alpha value is -1.36. The molecule has 0 unspecified atom stereocenters. The van der Waals surface area contributed by atoms with Crippen LogP contribution >= 0.6 is 15.9 Å². The van der Waals surface area contributed by atoms with Gasteiger partial charge in [0.2, 0.25) is 5.91 Å². The van der Waals surface area contributed by atoms with E-state index in [1.165, 1.54) is 7.11 Å². The van der Waals surface area contributed by atoms with Gasteiger partial charge in [-0.3, -0.25) is 9.59 Å². The van der Waals surface area contributed by atoms with Gasteiger partial charge in [-0.05, 0) is 24.1 Å². The fraction of sp³-hybridized carbons (Fsp3) is 0.385. The molecule has 0 saturated heterocycles. The molecular weight excluding hydrogens is 298 g/mol. The smallest absolute Gasteiger partial charge is 0.306 e. The molecule has 0 atom stereocenters. The first-order chi connectivity index (χ1) is 8.61. The van der Waals surface area contributed by atoms with Crippen molar-refractivity contribution in [3.05, 3.63) is 34.3 Å². The highest BCUT2D eigenvalue weighted by Gasteiger charge is 2.06. The molecule has 98 valence electrons. The molecule has 1 aromatic rings. The third-order valence-corrected chi connectivity index (χ3v) is 2.90. The second-order valence-corrected chi connectivity index (χ2v) is 4.72. The maximum Gasteiger partial charge on any atom is 0.306 e. The molecule has 0 spiro atoms. The zero-order valence-corrected chi connectivity index (χ0v) is 11.8. The van der Waals surface area contributed by atoms with E-state index >= 15 is 0 Å². The standard InChI is InChI=1S/C13H16BrNO3/c1-18-13(17)6-5-12(16)15-8-7-10-3-2-4-11(14)9-10/h2-4,9H,5-8H2,1H3,(H,15,16). The van der Waals surface area contributed by atoms with Gasteiger partial charge in [-0.15, -0.1) is 0 Å². The van der Waals surface area contributed by atoms with Crippen molar-refractivity contribution in [1.29, 1.82) is 0 Å². The van der Waals surface area contributed by atoms with Gasteiger partial charge in [0.05, 0.1) is 13.5 Å². The van der Waals surface area contributed by atoms with Gasteiger partial charge in [-0.25, -0.2) is 0 Å². The van der Waals surface area contributed by atoms with Crippen LogP contribution in [0, 0.1) is 0 Å². The van der Waals surface area contributed by atoms with E-state index in [-0.39, 0.29) is 24.7 Å². The molecule has 0 heterocycles. The molecule has 1 aromatic carbocycles. The minimum absolute atomic E-state index is 0.124. The second-order valence-electron chi connectivity index (χ2n) is 3.81. The van der Waals surface area contributed by atoms with E-state index < -0.39 is 0 Å². The Kier molecular flexibility index (Phi) is 6.43. The number of hydrogen-bond donors (Lipinski definition) is 1. The van der Waals surface area contributed by atoms with Gasteiger partial charge < -0.3 is 10.1 Å². The van der Waals surface area contributed by atoms with Crippen LogP contribution in [0.25, 0.3) is 0 Å². The molecule has 0 aliphatic rings. The molecule has 0 aliphatic heterocycles. The first-order valence-corrected chi connectivity index (χ1v) is 6.49. The van der Waals surface area contributed by atoms with E-state index in [4.69, 9.17) is 0 Å². The summed E-state index contributed by atoms with van der Waals surface area (Å²) in [7, 11) is 1.31. The molecule has 0 fully saturated rings. The average molecular weight is 314 g/mol. The molecule has 18 heavy (non-hydrogen) atoms. The average Bonchev–Trinajstić information content (AvgIpc) is 2.36. The van der Waals surface area contributed by atoms with E-state index in [1.54, 1.807) is 0 Å². The number of esters is 1. The highest BCUT2D eigenvalue weighted by molar-refractivity contribution is 9.10. The first-order valence-electron chi connectivity index (χ1n) is 5.70. The first kappa shape index (κ1) is 14.7. The van der Waals surface area contributed by atoms with E-state index in [0.29, 0.717) is 6.54 Å². The van der Waals surface area contributed by atoms with Crippen LogP contribution in [-0.4, -0.2) is 25.5 Å². The van der Waals surface area contributed by atoms with Crippen LogP contribution in [0.3, 0.4) is 0 Å². The Labute approximate surface area is 115 Å². The van der Waals surface area contributed by atoms with E-state index in [1.807, 2.05) is 24.3 Å². The summed E-state index contributed by atoms with van der Waals surface area (Å²) < 4.78 is 5.49. The number of ether oxygens (including phenoxy) is 1. The van der Waals surface area contributed by atoms with E-state index in [9.17, 15) is 9.59 Å². The Morgan fingerprint density at radius 2 is 2.11 bits per heavy atom. The van der Waals surface area contributed by atoms with Gasteiger partial charge >= 0.3 is 5.97 Å². The summed E-state index contributed by atoms with van der Waals surface area (Å²) in [6.07, 6.45) is 1.06. The Morgan fingerprint density at radius 3 is 2.78 bits per heavy atom. The third kappa shape index (κ3) is 5.82. The summed E-state index contributed by atoms with van der Waals surface area (Å²) in [6, 6.07) is 7.93. The zero-order chi connectivity index (χ0) is 13.4. The predicted molar refractivity (Wildman–Crippen MR) is 72.1 cm³/mol. The quantitative estimate of drug-likeness (QED) is 0.818. The second kappa shape index (κ2) is 7.87. The minimum atomic E-state index is -0.364. The molecule has 1 amide bonds. The van der Waals surface area contributed by atoms with Crippen molar-refractivity contribution in [2.24, 2.45) is 0 Å². The fourth-order valence-electron chi connectivity index (χ4n) is 1.44. The molecule has 5 heteroatoms. The van der Waals surface area contributed by atoms with Crippen molar-refractivity contribution in [3.8, 4) is 0 Å². The molecule has 4 nitrogen and oxygen atoms in total. The van der Waals surface area contributed by atoms with Crippen LogP contribution < -0.4 is 5.32 Å². The lowest BCUT2D eigenvalue weighted by Gasteiger charge is -2.05. The summed E-state index contributed by atoms with van der Waals surface area (Å²) >= 11 is 3.39. The maximum absolute atomic E-state index is 11.4. The minimum Gasteiger partial charge on any atom is -0.469 e. The lowest BCUT2D eigenvalue weighted by atomic mass is 10.1. The van der Waals surface area contributed by atoms with Crippen molar-refractivity contribution < 1.29 is 14.3 Å². The summed E-state index contributed by atoms with van der Waals surface area (Å²) in [5.41, 5.74) is 1.15. The normalized spacial score (nSPS) is 9.89. The number of nitrogens with one attached hydrogen (secondary N) is 1. The zero-order valence-electron chi connectivity index (χ0n) is 10.2. The van der Waals surface area contributed by atoms with Crippen LogP contribution in [-0.2, 0) is 20.7 Å². The molecule has 0 aliphatic carbocycles. The summed E-state index contributed by atoms with van der Waals surface area (Å²) in [5.74, 6) is -0.493. The van der Waals surface area contributed by atoms with Gasteiger partial charge in [-0.1, -0.05) is 28.1 Å². The summed E-state index contributed by atoms with van der Waals surface area (Å²) in [5, 5.41) is 2.77. The van der Waals surface area contributed by atoms with Crippen LogP contribution in [0.1, 0.15) is 18.4 Å². The molecular formula is C13H16BrNO3. The van der Waals surface area contributed by atoms with Crippen molar-refractivity contribution in [3.63, 3.8) is 0 Å². The summed E-state index contributed by atoms with van der Waals surface area (Å²) in [4.78, 5) is 22.2. The maximum atomic E-state index is 11.4. The van der Waals surface area contributed by atoms with E-state index in [0.717, 1.165) is 16.5 Å². The molecule has 0 saturated carbocycles. The Morgan fingerprint density at radius 1 is 1.33 bits per heavy atom. The SMILES string of the molecule is COC(=O)CCC(=O)NCCc1cccc(Br)c1. The predicted octanol–water partition coefficient (Wildman–Crippen LogP) is 2.06. The van der Waals surface area contributed by atoms with Crippen LogP contribution in [0.2, 0.25) is 0 Å².